The topological polar surface area (TPSA) is 70.6 Å². The fraction of sp³-hybridized carbons (Fsp3) is 0.533. The third-order valence-corrected chi connectivity index (χ3v) is 3.53. The zero-order valence-corrected chi connectivity index (χ0v) is 12.0. The van der Waals surface area contributed by atoms with Crippen LogP contribution in [-0.4, -0.2) is 43.5 Å². The standard InChI is InChI=1S/C15H21FN2O3/c1-21-9-10(19)6-7-17-15(20)18-14-8-12(14)11-4-2-3-5-13(11)16/h2-5,10,12,14,19H,6-9H2,1H3,(H2,17,18,20). The van der Waals surface area contributed by atoms with Gasteiger partial charge >= 0.3 is 6.03 Å². The number of ether oxygens (including phenoxy) is 1. The van der Waals surface area contributed by atoms with Gasteiger partial charge in [0.05, 0.1) is 12.7 Å². The predicted octanol–water partition coefficient (Wildman–Crippen LogP) is 1.38. The molecule has 21 heavy (non-hydrogen) atoms. The van der Waals surface area contributed by atoms with Crippen molar-refractivity contribution in [3.63, 3.8) is 0 Å². The van der Waals surface area contributed by atoms with E-state index in [4.69, 9.17) is 4.74 Å². The van der Waals surface area contributed by atoms with Crippen molar-refractivity contribution in [2.24, 2.45) is 0 Å². The molecule has 2 rings (SSSR count). The first kappa shape index (κ1) is 15.7. The van der Waals surface area contributed by atoms with Gasteiger partial charge in [-0.1, -0.05) is 18.2 Å². The summed E-state index contributed by atoms with van der Waals surface area (Å²) in [5.41, 5.74) is 0.651. The molecule has 0 bridgehead atoms. The Morgan fingerprint density at radius 2 is 2.29 bits per heavy atom. The van der Waals surface area contributed by atoms with Gasteiger partial charge in [0.25, 0.3) is 0 Å². The highest BCUT2D eigenvalue weighted by Crippen LogP contribution is 2.41. The lowest BCUT2D eigenvalue weighted by molar-refractivity contribution is 0.0598. The molecule has 1 saturated carbocycles. The molecule has 0 radical (unpaired) electrons. The second-order valence-electron chi connectivity index (χ2n) is 5.27. The molecule has 1 fully saturated rings. The van der Waals surface area contributed by atoms with E-state index in [0.717, 1.165) is 6.42 Å². The molecule has 6 heteroatoms. The number of hydrogen-bond donors (Lipinski definition) is 3. The Morgan fingerprint density at radius 1 is 1.52 bits per heavy atom. The summed E-state index contributed by atoms with van der Waals surface area (Å²) in [6, 6.07) is 6.32. The van der Waals surface area contributed by atoms with Crippen LogP contribution in [0.5, 0.6) is 0 Å². The molecule has 1 aliphatic rings. The predicted molar refractivity (Wildman–Crippen MR) is 76.6 cm³/mol. The number of hydrogen-bond acceptors (Lipinski definition) is 3. The fourth-order valence-electron chi connectivity index (χ4n) is 2.32. The molecule has 1 aliphatic carbocycles. The summed E-state index contributed by atoms with van der Waals surface area (Å²) < 4.78 is 18.4. The van der Waals surface area contributed by atoms with Crippen molar-refractivity contribution in [1.82, 2.24) is 10.6 Å². The Labute approximate surface area is 123 Å². The van der Waals surface area contributed by atoms with E-state index < -0.39 is 6.10 Å². The highest BCUT2D eigenvalue weighted by atomic mass is 19.1. The molecule has 2 amide bonds. The van der Waals surface area contributed by atoms with Crippen molar-refractivity contribution in [2.45, 2.75) is 30.9 Å². The van der Waals surface area contributed by atoms with E-state index in [1.807, 2.05) is 0 Å². The minimum Gasteiger partial charge on any atom is -0.391 e. The number of aliphatic hydroxyl groups excluding tert-OH is 1. The van der Waals surface area contributed by atoms with Crippen LogP contribution in [0.1, 0.15) is 24.3 Å². The number of carbonyl (C=O) groups is 1. The third-order valence-electron chi connectivity index (χ3n) is 3.53. The fourth-order valence-corrected chi connectivity index (χ4v) is 2.32. The zero-order valence-electron chi connectivity index (χ0n) is 12.0. The first-order valence-electron chi connectivity index (χ1n) is 7.07. The molecule has 0 saturated heterocycles. The Bertz CT molecular complexity index is 484. The summed E-state index contributed by atoms with van der Waals surface area (Å²) >= 11 is 0. The van der Waals surface area contributed by atoms with Crippen LogP contribution < -0.4 is 10.6 Å². The normalized spacial score (nSPS) is 21.7. The van der Waals surface area contributed by atoms with Crippen LogP contribution in [0.25, 0.3) is 0 Å². The average molecular weight is 296 g/mol. The number of carbonyl (C=O) groups excluding carboxylic acids is 1. The quantitative estimate of drug-likeness (QED) is 0.712. The molecular weight excluding hydrogens is 275 g/mol. The highest BCUT2D eigenvalue weighted by Gasteiger charge is 2.40. The van der Waals surface area contributed by atoms with E-state index in [1.54, 1.807) is 18.2 Å². The number of amides is 2. The Kier molecular flexibility index (Phi) is 5.52. The number of urea groups is 1. The van der Waals surface area contributed by atoms with Crippen LogP contribution in [0.15, 0.2) is 24.3 Å². The second kappa shape index (κ2) is 7.38. The van der Waals surface area contributed by atoms with E-state index >= 15 is 0 Å². The average Bonchev–Trinajstić information content (AvgIpc) is 3.18. The minimum absolute atomic E-state index is 0.0224. The monoisotopic (exact) mass is 296 g/mol. The molecule has 3 unspecified atom stereocenters. The summed E-state index contributed by atoms with van der Waals surface area (Å²) in [6.07, 6.45) is 0.603. The van der Waals surface area contributed by atoms with Gasteiger partial charge in [0.1, 0.15) is 5.82 Å². The summed E-state index contributed by atoms with van der Waals surface area (Å²) in [6.45, 7) is 0.620. The maximum atomic E-state index is 13.6. The van der Waals surface area contributed by atoms with Gasteiger partial charge in [-0.25, -0.2) is 9.18 Å². The second-order valence-corrected chi connectivity index (χ2v) is 5.27. The largest absolute Gasteiger partial charge is 0.391 e. The van der Waals surface area contributed by atoms with E-state index in [0.29, 0.717) is 18.5 Å². The maximum absolute atomic E-state index is 13.6. The molecule has 0 aromatic heterocycles. The van der Waals surface area contributed by atoms with Gasteiger partial charge in [0, 0.05) is 25.6 Å². The van der Waals surface area contributed by atoms with Crippen molar-refractivity contribution in [1.29, 1.82) is 0 Å². The highest BCUT2D eigenvalue weighted by molar-refractivity contribution is 5.74. The number of rotatable bonds is 7. The van der Waals surface area contributed by atoms with Crippen LogP contribution in [0, 0.1) is 5.82 Å². The number of nitrogens with one attached hydrogen (secondary N) is 2. The molecule has 1 aromatic rings. The molecule has 0 spiro atoms. The summed E-state index contributed by atoms with van der Waals surface area (Å²) in [5.74, 6) is -0.175. The van der Waals surface area contributed by atoms with Crippen molar-refractivity contribution < 1.29 is 19.0 Å². The molecule has 3 N–H and O–H groups in total. The molecule has 116 valence electrons. The Hall–Kier alpha value is -1.66. The Morgan fingerprint density at radius 3 is 3.00 bits per heavy atom. The van der Waals surface area contributed by atoms with Crippen molar-refractivity contribution >= 4 is 6.03 Å². The molecule has 0 aliphatic heterocycles. The van der Waals surface area contributed by atoms with Crippen molar-refractivity contribution in [3.05, 3.63) is 35.6 Å². The summed E-state index contributed by atoms with van der Waals surface area (Å²) in [5, 5.41) is 14.9. The van der Waals surface area contributed by atoms with Crippen LogP contribution in [0.2, 0.25) is 0 Å². The van der Waals surface area contributed by atoms with Crippen LogP contribution >= 0.6 is 0 Å². The molecule has 1 aromatic carbocycles. The third kappa shape index (κ3) is 4.68. The number of aliphatic hydroxyl groups is 1. The lowest BCUT2D eigenvalue weighted by atomic mass is 10.1. The maximum Gasteiger partial charge on any atom is 0.315 e. The lowest BCUT2D eigenvalue weighted by Crippen LogP contribution is -2.38. The van der Waals surface area contributed by atoms with Gasteiger partial charge in [0.15, 0.2) is 0 Å². The van der Waals surface area contributed by atoms with Gasteiger partial charge in [0.2, 0.25) is 0 Å². The van der Waals surface area contributed by atoms with E-state index in [2.05, 4.69) is 10.6 Å². The molecule has 3 atom stereocenters. The summed E-state index contributed by atoms with van der Waals surface area (Å²) in [7, 11) is 1.51. The molecule has 5 nitrogen and oxygen atoms in total. The van der Waals surface area contributed by atoms with Gasteiger partial charge < -0.3 is 20.5 Å². The van der Waals surface area contributed by atoms with Crippen LogP contribution in [-0.2, 0) is 4.74 Å². The summed E-state index contributed by atoms with van der Waals surface area (Å²) in [4.78, 5) is 11.7. The van der Waals surface area contributed by atoms with Gasteiger partial charge in [-0.2, -0.15) is 0 Å². The van der Waals surface area contributed by atoms with Gasteiger partial charge in [-0.05, 0) is 24.5 Å². The van der Waals surface area contributed by atoms with E-state index in [-0.39, 0.29) is 30.4 Å². The first-order valence-corrected chi connectivity index (χ1v) is 7.07. The smallest absolute Gasteiger partial charge is 0.315 e. The SMILES string of the molecule is COCC(O)CCNC(=O)NC1CC1c1ccccc1F. The number of halogens is 1. The van der Waals surface area contributed by atoms with Crippen LogP contribution in [0.3, 0.4) is 0 Å². The van der Waals surface area contributed by atoms with Crippen molar-refractivity contribution in [3.8, 4) is 0 Å². The first-order chi connectivity index (χ1) is 10.1. The molecular formula is C15H21FN2O3. The number of methoxy groups -OCH3 is 1. The minimum atomic E-state index is -0.581. The van der Waals surface area contributed by atoms with Gasteiger partial charge in [-0.15, -0.1) is 0 Å². The van der Waals surface area contributed by atoms with Crippen molar-refractivity contribution in [2.75, 3.05) is 20.3 Å². The van der Waals surface area contributed by atoms with E-state index in [9.17, 15) is 14.3 Å². The van der Waals surface area contributed by atoms with Crippen LogP contribution in [0.4, 0.5) is 9.18 Å². The van der Waals surface area contributed by atoms with Gasteiger partial charge in [-0.3, -0.25) is 0 Å². The van der Waals surface area contributed by atoms with E-state index in [1.165, 1.54) is 13.2 Å². The molecule has 0 heterocycles. The zero-order chi connectivity index (χ0) is 15.2. The number of benzene rings is 1. The Balaban J connectivity index is 1.68. The lowest BCUT2D eigenvalue weighted by Gasteiger charge is -2.11.